The predicted molar refractivity (Wildman–Crippen MR) is 88.8 cm³/mol. The van der Waals surface area contributed by atoms with Crippen molar-refractivity contribution in [3.8, 4) is 10.6 Å². The highest BCUT2D eigenvalue weighted by Gasteiger charge is 2.08. The largest absolute Gasteiger partial charge is 0.326 e. The molecule has 0 aliphatic heterocycles. The molecule has 0 saturated carbocycles. The van der Waals surface area contributed by atoms with E-state index in [4.69, 9.17) is 4.98 Å². The fourth-order valence-corrected chi connectivity index (χ4v) is 3.21. The summed E-state index contributed by atoms with van der Waals surface area (Å²) >= 11 is 1.74. The first-order valence-corrected chi connectivity index (χ1v) is 7.60. The van der Waals surface area contributed by atoms with Crippen molar-refractivity contribution >= 4 is 33.8 Å². The van der Waals surface area contributed by atoms with Crippen LogP contribution in [0.5, 0.6) is 0 Å². The summed E-state index contributed by atoms with van der Waals surface area (Å²) in [6.07, 6.45) is 0. The van der Waals surface area contributed by atoms with Crippen molar-refractivity contribution in [2.45, 2.75) is 20.8 Å². The maximum absolute atomic E-state index is 11.2. The number of pyridine rings is 1. The molecule has 0 spiro atoms. The van der Waals surface area contributed by atoms with E-state index in [0.717, 1.165) is 22.3 Å². The number of hydrogen-bond donors (Lipinski definition) is 1. The molecule has 3 nitrogen and oxygen atoms in total. The molecule has 0 unspecified atom stereocenters. The number of aryl methyl sites for hydroxylation is 2. The molecule has 1 N–H and O–H groups in total. The van der Waals surface area contributed by atoms with Gasteiger partial charge in [0.1, 0.15) is 0 Å². The van der Waals surface area contributed by atoms with Crippen LogP contribution in [0.3, 0.4) is 0 Å². The van der Waals surface area contributed by atoms with Gasteiger partial charge in [-0.3, -0.25) is 4.79 Å². The highest BCUT2D eigenvalue weighted by Crippen LogP contribution is 2.30. The van der Waals surface area contributed by atoms with Crippen LogP contribution < -0.4 is 5.32 Å². The molecule has 2 heterocycles. The number of aromatic nitrogens is 1. The molecule has 0 fully saturated rings. The third-order valence-corrected chi connectivity index (χ3v) is 4.35. The number of carbonyl (C=O) groups is 1. The van der Waals surface area contributed by atoms with E-state index in [0.29, 0.717) is 0 Å². The number of carbonyl (C=O) groups excluding carboxylic acids is 1. The average Bonchev–Trinajstić information content (AvgIpc) is 2.84. The fraction of sp³-hybridized carbons (Fsp3) is 0.176. The van der Waals surface area contributed by atoms with Crippen LogP contribution in [-0.4, -0.2) is 10.9 Å². The van der Waals surface area contributed by atoms with E-state index in [2.05, 4.69) is 37.4 Å². The van der Waals surface area contributed by atoms with Crippen LogP contribution in [0, 0.1) is 13.8 Å². The van der Waals surface area contributed by atoms with E-state index in [1.54, 1.807) is 11.3 Å². The summed E-state index contributed by atoms with van der Waals surface area (Å²) in [6, 6.07) is 12.2. The zero-order chi connectivity index (χ0) is 15.0. The Labute approximate surface area is 127 Å². The SMILES string of the molecule is CC(=O)Nc1ccc2c(C)cc(-c3ccc(C)s3)nc2c1. The maximum Gasteiger partial charge on any atom is 0.221 e. The van der Waals surface area contributed by atoms with E-state index < -0.39 is 0 Å². The molecule has 21 heavy (non-hydrogen) atoms. The minimum Gasteiger partial charge on any atom is -0.326 e. The Bertz CT molecular complexity index is 836. The lowest BCUT2D eigenvalue weighted by Crippen LogP contribution is -2.05. The standard InChI is InChI=1S/C17H16N2OS/c1-10-8-16(17-7-4-11(2)21-17)19-15-9-13(18-12(3)20)5-6-14(10)15/h4-9H,1-3H3,(H,18,20). The van der Waals surface area contributed by atoms with Crippen molar-refractivity contribution in [3.05, 3.63) is 46.8 Å². The summed E-state index contributed by atoms with van der Waals surface area (Å²) in [6.45, 7) is 5.69. The van der Waals surface area contributed by atoms with Gasteiger partial charge in [-0.2, -0.15) is 0 Å². The molecule has 3 rings (SSSR count). The fourth-order valence-electron chi connectivity index (χ4n) is 2.38. The Morgan fingerprint density at radius 2 is 1.95 bits per heavy atom. The second kappa shape index (κ2) is 5.30. The van der Waals surface area contributed by atoms with Crippen LogP contribution in [0.25, 0.3) is 21.5 Å². The molecule has 1 amide bonds. The lowest BCUT2D eigenvalue weighted by atomic mass is 10.1. The lowest BCUT2D eigenvalue weighted by molar-refractivity contribution is -0.114. The first-order chi connectivity index (χ1) is 10.0. The van der Waals surface area contributed by atoms with Gasteiger partial charge in [0.15, 0.2) is 0 Å². The first-order valence-electron chi connectivity index (χ1n) is 6.79. The minimum atomic E-state index is -0.0730. The van der Waals surface area contributed by atoms with Crippen molar-refractivity contribution in [3.63, 3.8) is 0 Å². The molecule has 0 aliphatic rings. The van der Waals surface area contributed by atoms with E-state index >= 15 is 0 Å². The van der Waals surface area contributed by atoms with E-state index in [9.17, 15) is 4.79 Å². The zero-order valence-corrected chi connectivity index (χ0v) is 13.0. The number of thiophene rings is 1. The van der Waals surface area contributed by atoms with Crippen molar-refractivity contribution in [1.29, 1.82) is 0 Å². The van der Waals surface area contributed by atoms with Gasteiger partial charge in [0.25, 0.3) is 0 Å². The summed E-state index contributed by atoms with van der Waals surface area (Å²) in [5, 5.41) is 3.92. The Balaban J connectivity index is 2.14. The Morgan fingerprint density at radius 3 is 2.62 bits per heavy atom. The molecular weight excluding hydrogens is 280 g/mol. The molecule has 0 radical (unpaired) electrons. The normalized spacial score (nSPS) is 10.8. The van der Waals surface area contributed by atoms with E-state index in [-0.39, 0.29) is 5.91 Å². The zero-order valence-electron chi connectivity index (χ0n) is 12.2. The summed E-state index contributed by atoms with van der Waals surface area (Å²) in [5.41, 5.74) is 3.86. The molecule has 3 aromatic rings. The Morgan fingerprint density at radius 1 is 1.14 bits per heavy atom. The van der Waals surface area contributed by atoms with Crippen LogP contribution >= 0.6 is 11.3 Å². The number of nitrogens with zero attached hydrogens (tertiary/aromatic N) is 1. The van der Waals surface area contributed by atoms with Gasteiger partial charge in [0, 0.05) is 22.9 Å². The monoisotopic (exact) mass is 296 g/mol. The number of rotatable bonds is 2. The summed E-state index contributed by atoms with van der Waals surface area (Å²) < 4.78 is 0. The molecule has 0 aliphatic carbocycles. The van der Waals surface area contributed by atoms with Gasteiger partial charge >= 0.3 is 0 Å². The van der Waals surface area contributed by atoms with Crippen molar-refractivity contribution < 1.29 is 4.79 Å². The summed E-state index contributed by atoms with van der Waals surface area (Å²) in [7, 11) is 0. The third-order valence-electron chi connectivity index (χ3n) is 3.33. The van der Waals surface area contributed by atoms with E-state index in [1.165, 1.54) is 22.2 Å². The maximum atomic E-state index is 11.2. The third kappa shape index (κ3) is 2.81. The van der Waals surface area contributed by atoms with Gasteiger partial charge in [0.2, 0.25) is 5.91 Å². The van der Waals surface area contributed by atoms with Gasteiger partial charge in [0.05, 0.1) is 16.1 Å². The topological polar surface area (TPSA) is 42.0 Å². The summed E-state index contributed by atoms with van der Waals surface area (Å²) in [5.74, 6) is -0.0730. The quantitative estimate of drug-likeness (QED) is 0.754. The number of amides is 1. The van der Waals surface area contributed by atoms with Crippen LogP contribution in [0.2, 0.25) is 0 Å². The van der Waals surface area contributed by atoms with Crippen molar-refractivity contribution in [2.75, 3.05) is 5.32 Å². The Hall–Kier alpha value is -2.20. The first kappa shape index (κ1) is 13.8. The second-order valence-electron chi connectivity index (χ2n) is 5.15. The van der Waals surface area contributed by atoms with Crippen LogP contribution in [-0.2, 0) is 4.79 Å². The van der Waals surface area contributed by atoms with Crippen LogP contribution in [0.15, 0.2) is 36.4 Å². The second-order valence-corrected chi connectivity index (χ2v) is 6.44. The molecule has 1 aromatic carbocycles. The minimum absolute atomic E-state index is 0.0730. The van der Waals surface area contributed by atoms with Gasteiger partial charge in [-0.05, 0) is 49.7 Å². The Kier molecular flexibility index (Phi) is 3.47. The molecule has 0 bridgehead atoms. The molecule has 0 saturated heterocycles. The molecule has 2 aromatic heterocycles. The number of fused-ring (bicyclic) bond motifs is 1. The van der Waals surface area contributed by atoms with Gasteiger partial charge in [-0.15, -0.1) is 11.3 Å². The highest BCUT2D eigenvalue weighted by molar-refractivity contribution is 7.15. The number of benzene rings is 1. The summed E-state index contributed by atoms with van der Waals surface area (Å²) in [4.78, 5) is 18.4. The van der Waals surface area contributed by atoms with Crippen molar-refractivity contribution in [1.82, 2.24) is 4.98 Å². The van der Waals surface area contributed by atoms with Gasteiger partial charge in [-0.1, -0.05) is 6.07 Å². The van der Waals surface area contributed by atoms with Gasteiger partial charge in [-0.25, -0.2) is 4.98 Å². The number of hydrogen-bond acceptors (Lipinski definition) is 3. The molecule has 4 heteroatoms. The lowest BCUT2D eigenvalue weighted by Gasteiger charge is -2.08. The number of anilines is 1. The number of nitrogens with one attached hydrogen (secondary N) is 1. The predicted octanol–water partition coefficient (Wildman–Crippen LogP) is 4.54. The highest BCUT2D eigenvalue weighted by atomic mass is 32.1. The molecule has 0 atom stereocenters. The van der Waals surface area contributed by atoms with Crippen molar-refractivity contribution in [2.24, 2.45) is 0 Å². The molecule has 106 valence electrons. The molecular formula is C17H16N2OS. The van der Waals surface area contributed by atoms with E-state index in [1.807, 2.05) is 18.2 Å². The smallest absolute Gasteiger partial charge is 0.221 e. The van der Waals surface area contributed by atoms with Crippen LogP contribution in [0.1, 0.15) is 17.4 Å². The van der Waals surface area contributed by atoms with Crippen LogP contribution in [0.4, 0.5) is 5.69 Å². The average molecular weight is 296 g/mol. The van der Waals surface area contributed by atoms with Gasteiger partial charge < -0.3 is 5.32 Å².